The van der Waals surface area contributed by atoms with E-state index in [1.807, 2.05) is 6.92 Å². The fourth-order valence-electron chi connectivity index (χ4n) is 5.41. The zero-order valence-corrected chi connectivity index (χ0v) is 16.2. The molecule has 1 heterocycles. The summed E-state index contributed by atoms with van der Waals surface area (Å²) in [6.45, 7) is 2.49. The van der Waals surface area contributed by atoms with E-state index in [9.17, 15) is 19.5 Å². The Balaban J connectivity index is 1.52. The van der Waals surface area contributed by atoms with Gasteiger partial charge in [-0.05, 0) is 50.9 Å². The van der Waals surface area contributed by atoms with Gasteiger partial charge in [-0.15, -0.1) is 0 Å². The van der Waals surface area contributed by atoms with Gasteiger partial charge in [-0.3, -0.25) is 19.1 Å². The molecule has 3 fully saturated rings. The topological polar surface area (TPSA) is 113 Å². The van der Waals surface area contributed by atoms with Gasteiger partial charge in [0.15, 0.2) is 5.69 Å². The van der Waals surface area contributed by atoms with Crippen molar-refractivity contribution < 1.29 is 19.5 Å². The minimum atomic E-state index is -0.893. The van der Waals surface area contributed by atoms with Gasteiger partial charge in [0, 0.05) is 18.8 Å². The van der Waals surface area contributed by atoms with Crippen LogP contribution in [0.2, 0.25) is 0 Å². The molecule has 0 radical (unpaired) electrons. The van der Waals surface area contributed by atoms with Gasteiger partial charge in [0.05, 0.1) is 17.5 Å². The molecule has 0 aromatic carbocycles. The lowest BCUT2D eigenvalue weighted by Gasteiger charge is -2.26. The number of carbonyl (C=O) groups is 3. The summed E-state index contributed by atoms with van der Waals surface area (Å²) in [6, 6.07) is 0.157. The normalized spacial score (nSPS) is 29.2. The molecule has 1 aromatic heterocycles. The average Bonchev–Trinajstić information content (AvgIpc) is 3.44. The number of carboxylic acid groups (broad SMARTS) is 1. The third kappa shape index (κ3) is 3.40. The van der Waals surface area contributed by atoms with Crippen LogP contribution in [0.1, 0.15) is 62.4 Å². The minimum Gasteiger partial charge on any atom is -0.481 e. The summed E-state index contributed by atoms with van der Waals surface area (Å²) < 4.78 is 1.62. The van der Waals surface area contributed by atoms with Crippen molar-refractivity contribution in [2.45, 2.75) is 64.5 Å². The highest BCUT2D eigenvalue weighted by atomic mass is 16.4. The first-order chi connectivity index (χ1) is 13.5. The summed E-state index contributed by atoms with van der Waals surface area (Å²) in [7, 11) is 0. The second kappa shape index (κ2) is 7.56. The number of nitrogens with zero attached hydrogens (tertiary/aromatic N) is 2. The highest BCUT2D eigenvalue weighted by Gasteiger charge is 2.54. The SMILES string of the molecule is CCn1cc(NC(=O)[C@H]2[C@H]3CC[C@@H](C3)[C@@H]2C(=O)O)c(C(=O)NC2CCCC2)n1. The highest BCUT2D eigenvalue weighted by Crippen LogP contribution is 2.52. The number of aliphatic carboxylic acids is 1. The summed E-state index contributed by atoms with van der Waals surface area (Å²) in [5, 5.41) is 19.8. The van der Waals surface area contributed by atoms with Crippen LogP contribution in [0.5, 0.6) is 0 Å². The lowest BCUT2D eigenvalue weighted by atomic mass is 9.78. The molecule has 8 heteroatoms. The largest absolute Gasteiger partial charge is 0.481 e. The van der Waals surface area contributed by atoms with Crippen LogP contribution >= 0.6 is 0 Å². The molecule has 0 aliphatic heterocycles. The molecule has 3 aliphatic rings. The second-order valence-electron chi connectivity index (χ2n) is 8.41. The van der Waals surface area contributed by atoms with Crippen LogP contribution in [-0.4, -0.2) is 38.7 Å². The number of rotatable bonds is 6. The molecule has 3 saturated carbocycles. The van der Waals surface area contributed by atoms with E-state index in [2.05, 4.69) is 15.7 Å². The van der Waals surface area contributed by atoms with Crippen molar-refractivity contribution in [1.82, 2.24) is 15.1 Å². The van der Waals surface area contributed by atoms with E-state index >= 15 is 0 Å². The van der Waals surface area contributed by atoms with Crippen LogP contribution in [-0.2, 0) is 16.1 Å². The predicted octanol–water partition coefficient (Wildman–Crippen LogP) is 2.26. The predicted molar refractivity (Wildman–Crippen MR) is 102 cm³/mol. The molecule has 2 amide bonds. The standard InChI is InChI=1S/C20H28N4O4/c1-2-24-10-14(17(23-24)19(26)21-13-5-3-4-6-13)22-18(25)15-11-7-8-12(9-11)16(15)20(27)28/h10-13,15-16H,2-9H2,1H3,(H,21,26)(H,22,25)(H,27,28)/t11-,12-,15-,16-/m0/s1. The zero-order chi connectivity index (χ0) is 19.8. The van der Waals surface area contributed by atoms with Gasteiger partial charge >= 0.3 is 5.97 Å². The van der Waals surface area contributed by atoms with E-state index in [1.165, 1.54) is 0 Å². The molecule has 2 bridgehead atoms. The van der Waals surface area contributed by atoms with Crippen molar-refractivity contribution in [1.29, 1.82) is 0 Å². The molecule has 3 N–H and O–H groups in total. The first kappa shape index (κ1) is 19.0. The number of anilines is 1. The maximum atomic E-state index is 13.0. The van der Waals surface area contributed by atoms with E-state index in [4.69, 9.17) is 0 Å². The number of carboxylic acids is 1. The fraction of sp³-hybridized carbons (Fsp3) is 0.700. The molecule has 1 aromatic rings. The Bertz CT molecular complexity index is 783. The quantitative estimate of drug-likeness (QED) is 0.692. The van der Waals surface area contributed by atoms with Crippen molar-refractivity contribution >= 4 is 23.5 Å². The van der Waals surface area contributed by atoms with Crippen LogP contribution in [0.25, 0.3) is 0 Å². The van der Waals surface area contributed by atoms with Crippen molar-refractivity contribution in [3.63, 3.8) is 0 Å². The average molecular weight is 388 g/mol. The maximum absolute atomic E-state index is 13.0. The number of carbonyl (C=O) groups excluding carboxylic acids is 2. The number of aryl methyl sites for hydroxylation is 1. The van der Waals surface area contributed by atoms with Crippen molar-refractivity contribution in [3.8, 4) is 0 Å². The smallest absolute Gasteiger partial charge is 0.307 e. The summed E-state index contributed by atoms with van der Waals surface area (Å²) in [5.41, 5.74) is 0.575. The number of fused-ring (bicyclic) bond motifs is 2. The molecular weight excluding hydrogens is 360 g/mol. The van der Waals surface area contributed by atoms with Gasteiger partial charge in [-0.25, -0.2) is 0 Å². The summed E-state index contributed by atoms with van der Waals surface area (Å²) in [6.07, 6.45) is 8.39. The number of hydrogen-bond acceptors (Lipinski definition) is 4. The molecule has 0 saturated heterocycles. The molecule has 4 atom stereocenters. The number of nitrogens with one attached hydrogen (secondary N) is 2. The van der Waals surface area contributed by atoms with Crippen LogP contribution in [0.3, 0.4) is 0 Å². The van der Waals surface area contributed by atoms with E-state index in [-0.39, 0.29) is 35.4 Å². The first-order valence-electron chi connectivity index (χ1n) is 10.4. The van der Waals surface area contributed by atoms with Gasteiger partial charge in [0.1, 0.15) is 0 Å². The Morgan fingerprint density at radius 1 is 1.14 bits per heavy atom. The third-order valence-corrected chi connectivity index (χ3v) is 6.75. The van der Waals surface area contributed by atoms with Gasteiger partial charge in [-0.1, -0.05) is 12.8 Å². The third-order valence-electron chi connectivity index (χ3n) is 6.75. The molecule has 8 nitrogen and oxygen atoms in total. The van der Waals surface area contributed by atoms with E-state index in [0.29, 0.717) is 12.2 Å². The van der Waals surface area contributed by atoms with Crippen molar-refractivity contribution in [2.75, 3.05) is 5.32 Å². The summed E-state index contributed by atoms with van der Waals surface area (Å²) >= 11 is 0. The Kier molecular flexibility index (Phi) is 5.12. The molecular formula is C20H28N4O4. The monoisotopic (exact) mass is 388 g/mol. The van der Waals surface area contributed by atoms with Gasteiger partial charge < -0.3 is 15.7 Å². The second-order valence-corrected chi connectivity index (χ2v) is 8.41. The number of aromatic nitrogens is 2. The maximum Gasteiger partial charge on any atom is 0.307 e. The lowest BCUT2D eigenvalue weighted by Crippen LogP contribution is -2.38. The van der Waals surface area contributed by atoms with Crippen molar-refractivity contribution in [3.05, 3.63) is 11.9 Å². The van der Waals surface area contributed by atoms with E-state index in [0.717, 1.165) is 44.9 Å². The summed E-state index contributed by atoms with van der Waals surface area (Å²) in [5.74, 6) is -2.44. The molecule has 4 rings (SSSR count). The number of amides is 2. The van der Waals surface area contributed by atoms with Crippen molar-refractivity contribution in [2.24, 2.45) is 23.7 Å². The van der Waals surface area contributed by atoms with Crippen LogP contribution in [0, 0.1) is 23.7 Å². The van der Waals surface area contributed by atoms with Gasteiger partial charge in [0.2, 0.25) is 5.91 Å². The lowest BCUT2D eigenvalue weighted by molar-refractivity contribution is -0.148. The highest BCUT2D eigenvalue weighted by molar-refractivity contribution is 6.03. The summed E-state index contributed by atoms with van der Waals surface area (Å²) in [4.78, 5) is 37.4. The zero-order valence-electron chi connectivity index (χ0n) is 16.2. The van der Waals surface area contributed by atoms with E-state index in [1.54, 1.807) is 10.9 Å². The Morgan fingerprint density at radius 3 is 2.46 bits per heavy atom. The number of hydrogen-bond donors (Lipinski definition) is 3. The molecule has 3 aliphatic carbocycles. The van der Waals surface area contributed by atoms with Crippen LogP contribution in [0.15, 0.2) is 6.20 Å². The molecule has 152 valence electrons. The molecule has 0 unspecified atom stereocenters. The Labute approximate surface area is 164 Å². The van der Waals surface area contributed by atoms with Crippen LogP contribution < -0.4 is 10.6 Å². The fourth-order valence-corrected chi connectivity index (χ4v) is 5.41. The van der Waals surface area contributed by atoms with Gasteiger partial charge in [-0.2, -0.15) is 5.10 Å². The minimum absolute atomic E-state index is 0.0850. The van der Waals surface area contributed by atoms with E-state index < -0.39 is 17.8 Å². The van der Waals surface area contributed by atoms with Crippen LogP contribution in [0.4, 0.5) is 5.69 Å². The first-order valence-corrected chi connectivity index (χ1v) is 10.4. The van der Waals surface area contributed by atoms with Gasteiger partial charge in [0.25, 0.3) is 5.91 Å². The Morgan fingerprint density at radius 2 is 1.82 bits per heavy atom. The Hall–Kier alpha value is -2.38. The molecule has 28 heavy (non-hydrogen) atoms. The molecule has 0 spiro atoms.